The molecule has 2 aromatic rings. The summed E-state index contributed by atoms with van der Waals surface area (Å²) in [5.74, 6) is -0.199. The van der Waals surface area contributed by atoms with E-state index < -0.39 is 26.5 Å². The molecule has 7 nitrogen and oxygen atoms in total. The smallest absolute Gasteiger partial charge is 0.339 e. The van der Waals surface area contributed by atoms with E-state index in [1.807, 2.05) is 0 Å². The van der Waals surface area contributed by atoms with Crippen LogP contribution in [0.25, 0.3) is 0 Å². The summed E-state index contributed by atoms with van der Waals surface area (Å²) in [4.78, 5) is 10.2. The first-order valence-electron chi connectivity index (χ1n) is 6.27. The van der Waals surface area contributed by atoms with Crippen molar-refractivity contribution in [2.24, 2.45) is 0 Å². The molecule has 0 aliphatic heterocycles. The first kappa shape index (κ1) is 17.0. The van der Waals surface area contributed by atoms with Gasteiger partial charge in [-0.2, -0.15) is 8.42 Å². The van der Waals surface area contributed by atoms with Gasteiger partial charge in [-0.1, -0.05) is 17.7 Å². The van der Waals surface area contributed by atoms with Crippen LogP contribution in [-0.4, -0.2) is 20.5 Å². The first-order valence-corrected chi connectivity index (χ1v) is 8.06. The second kappa shape index (κ2) is 6.43. The van der Waals surface area contributed by atoms with Gasteiger partial charge in [0.05, 0.1) is 18.1 Å². The maximum Gasteiger partial charge on any atom is 0.339 e. The van der Waals surface area contributed by atoms with Crippen molar-refractivity contribution in [1.82, 2.24) is 0 Å². The van der Waals surface area contributed by atoms with Gasteiger partial charge in [0, 0.05) is 5.02 Å². The highest BCUT2D eigenvalue weighted by molar-refractivity contribution is 7.87. The average molecular weight is 358 g/mol. The molecule has 0 aliphatic carbocycles. The molecule has 9 heteroatoms. The molecule has 0 N–H and O–H groups in total. The number of hydrogen-bond acceptors (Lipinski definition) is 6. The van der Waals surface area contributed by atoms with Crippen LogP contribution in [0.15, 0.2) is 41.3 Å². The van der Waals surface area contributed by atoms with Gasteiger partial charge in [-0.25, -0.2) is 0 Å². The maximum atomic E-state index is 12.4. The second-order valence-corrected chi connectivity index (χ2v) is 6.49. The Balaban J connectivity index is 2.49. The SMILES string of the molecule is COc1ccc(OS(=O)(=O)c2cc(Cl)ccc2C)c([N+](=O)[O-])c1. The van der Waals surface area contributed by atoms with Gasteiger partial charge in [0.1, 0.15) is 10.6 Å². The van der Waals surface area contributed by atoms with E-state index >= 15 is 0 Å². The van der Waals surface area contributed by atoms with Gasteiger partial charge < -0.3 is 8.92 Å². The molecule has 0 fully saturated rings. The summed E-state index contributed by atoms with van der Waals surface area (Å²) in [6.45, 7) is 1.56. The molecule has 0 radical (unpaired) electrons. The van der Waals surface area contributed by atoms with Crippen LogP contribution in [0.2, 0.25) is 5.02 Å². The zero-order chi connectivity index (χ0) is 17.2. The Morgan fingerprint density at radius 1 is 1.17 bits per heavy atom. The molecule has 0 aromatic heterocycles. The van der Waals surface area contributed by atoms with E-state index in [1.165, 1.54) is 31.4 Å². The summed E-state index contributed by atoms with van der Waals surface area (Å²) >= 11 is 5.80. The molecular weight excluding hydrogens is 346 g/mol. The minimum Gasteiger partial charge on any atom is -0.496 e. The molecule has 0 saturated carbocycles. The van der Waals surface area contributed by atoms with Crippen LogP contribution in [0, 0.1) is 17.0 Å². The molecule has 23 heavy (non-hydrogen) atoms. The Bertz CT molecular complexity index is 866. The van der Waals surface area contributed by atoms with Crippen molar-refractivity contribution >= 4 is 27.4 Å². The molecule has 0 unspecified atom stereocenters. The van der Waals surface area contributed by atoms with Crippen LogP contribution in [-0.2, 0) is 10.1 Å². The Hall–Kier alpha value is -2.32. The summed E-state index contributed by atoms with van der Waals surface area (Å²) in [7, 11) is -2.93. The zero-order valence-corrected chi connectivity index (χ0v) is 13.7. The lowest BCUT2D eigenvalue weighted by atomic mass is 10.2. The Morgan fingerprint density at radius 3 is 2.48 bits per heavy atom. The fourth-order valence-electron chi connectivity index (χ4n) is 1.84. The van der Waals surface area contributed by atoms with Crippen LogP contribution in [0.5, 0.6) is 11.5 Å². The number of benzene rings is 2. The molecule has 2 aromatic carbocycles. The molecule has 0 atom stereocenters. The van der Waals surface area contributed by atoms with Crippen LogP contribution in [0.1, 0.15) is 5.56 Å². The normalized spacial score (nSPS) is 11.1. The topological polar surface area (TPSA) is 95.7 Å². The Labute approximate surface area is 137 Å². The third kappa shape index (κ3) is 3.72. The van der Waals surface area contributed by atoms with E-state index in [9.17, 15) is 18.5 Å². The van der Waals surface area contributed by atoms with Crippen LogP contribution >= 0.6 is 11.6 Å². The first-order chi connectivity index (χ1) is 10.7. The Kier molecular flexibility index (Phi) is 4.76. The van der Waals surface area contributed by atoms with E-state index in [2.05, 4.69) is 0 Å². The lowest BCUT2D eigenvalue weighted by Crippen LogP contribution is -2.12. The van der Waals surface area contributed by atoms with Crippen molar-refractivity contribution in [2.45, 2.75) is 11.8 Å². The highest BCUT2D eigenvalue weighted by Gasteiger charge is 2.25. The van der Waals surface area contributed by atoms with Crippen LogP contribution in [0.3, 0.4) is 0 Å². The van der Waals surface area contributed by atoms with Gasteiger partial charge in [0.25, 0.3) is 0 Å². The fourth-order valence-corrected chi connectivity index (χ4v) is 3.28. The lowest BCUT2D eigenvalue weighted by molar-refractivity contribution is -0.385. The van der Waals surface area contributed by atoms with Crippen molar-refractivity contribution in [3.05, 3.63) is 57.1 Å². The summed E-state index contributed by atoms with van der Waals surface area (Å²) in [5.41, 5.74) is -0.113. The lowest BCUT2D eigenvalue weighted by Gasteiger charge is -2.10. The van der Waals surface area contributed by atoms with Gasteiger partial charge >= 0.3 is 15.8 Å². The fraction of sp³-hybridized carbons (Fsp3) is 0.143. The van der Waals surface area contributed by atoms with Gasteiger partial charge in [0.2, 0.25) is 5.75 Å². The molecular formula is C14H12ClNO6S. The van der Waals surface area contributed by atoms with Crippen molar-refractivity contribution in [2.75, 3.05) is 7.11 Å². The van der Waals surface area contributed by atoms with Crippen LogP contribution < -0.4 is 8.92 Å². The molecule has 0 bridgehead atoms. The van der Waals surface area contributed by atoms with Gasteiger partial charge in [0.15, 0.2) is 0 Å². The Morgan fingerprint density at radius 2 is 1.87 bits per heavy atom. The predicted molar refractivity (Wildman–Crippen MR) is 83.7 cm³/mol. The standard InChI is InChI=1S/C14H12ClNO6S/c1-9-3-4-10(15)7-14(9)23(19,20)22-13-6-5-11(21-2)8-12(13)16(17)18/h3-8H,1-2H3. The molecule has 0 amide bonds. The summed E-state index contributed by atoms with van der Waals surface area (Å²) in [6, 6.07) is 7.88. The second-order valence-electron chi connectivity index (χ2n) is 4.54. The highest BCUT2D eigenvalue weighted by Crippen LogP contribution is 2.33. The minimum atomic E-state index is -4.27. The molecule has 0 aliphatic rings. The largest absolute Gasteiger partial charge is 0.496 e. The number of hydrogen-bond donors (Lipinski definition) is 0. The van der Waals surface area contributed by atoms with E-state index in [0.29, 0.717) is 5.56 Å². The third-order valence-corrected chi connectivity index (χ3v) is 4.59. The molecule has 2 rings (SSSR count). The number of rotatable bonds is 5. The number of aryl methyl sites for hydroxylation is 1. The maximum absolute atomic E-state index is 12.4. The zero-order valence-electron chi connectivity index (χ0n) is 12.1. The van der Waals surface area contributed by atoms with Crippen molar-refractivity contribution in [3.63, 3.8) is 0 Å². The number of methoxy groups -OCH3 is 1. The number of nitro groups is 1. The number of nitro benzene ring substituents is 1. The number of halogens is 1. The predicted octanol–water partition coefficient (Wildman–Crippen LogP) is 3.33. The summed E-state index contributed by atoms with van der Waals surface area (Å²) in [5, 5.41) is 11.3. The summed E-state index contributed by atoms with van der Waals surface area (Å²) < 4.78 is 34.6. The molecule has 0 saturated heterocycles. The van der Waals surface area contributed by atoms with Crippen molar-refractivity contribution in [3.8, 4) is 11.5 Å². The summed E-state index contributed by atoms with van der Waals surface area (Å²) in [6.07, 6.45) is 0. The van der Waals surface area contributed by atoms with Gasteiger partial charge in [-0.05, 0) is 36.8 Å². The molecule has 122 valence electrons. The quantitative estimate of drug-likeness (QED) is 0.462. The van der Waals surface area contributed by atoms with E-state index in [1.54, 1.807) is 6.92 Å². The number of ether oxygens (including phenoxy) is 1. The van der Waals surface area contributed by atoms with E-state index in [0.717, 1.165) is 12.1 Å². The average Bonchev–Trinajstić information content (AvgIpc) is 2.49. The van der Waals surface area contributed by atoms with Gasteiger partial charge in [-0.3, -0.25) is 10.1 Å². The molecule has 0 heterocycles. The van der Waals surface area contributed by atoms with Crippen molar-refractivity contribution < 1.29 is 22.3 Å². The number of nitrogens with zero attached hydrogens (tertiary/aromatic N) is 1. The highest BCUT2D eigenvalue weighted by atomic mass is 35.5. The van der Waals surface area contributed by atoms with Crippen LogP contribution in [0.4, 0.5) is 5.69 Å². The third-order valence-electron chi connectivity index (χ3n) is 2.98. The van der Waals surface area contributed by atoms with E-state index in [4.69, 9.17) is 20.5 Å². The van der Waals surface area contributed by atoms with Crippen molar-refractivity contribution in [1.29, 1.82) is 0 Å². The van der Waals surface area contributed by atoms with Gasteiger partial charge in [-0.15, -0.1) is 0 Å². The molecule has 0 spiro atoms. The minimum absolute atomic E-state index is 0.157. The monoisotopic (exact) mass is 357 g/mol. The van der Waals surface area contributed by atoms with E-state index in [-0.39, 0.29) is 15.7 Å².